The highest BCUT2D eigenvalue weighted by Crippen LogP contribution is 1.85. The van der Waals surface area contributed by atoms with Crippen LogP contribution in [0.2, 0.25) is 0 Å². The van der Waals surface area contributed by atoms with Crippen LogP contribution in [0, 0.1) is 0 Å². The number of hydrogen-bond donors (Lipinski definition) is 2. The highest BCUT2D eigenvalue weighted by Gasteiger charge is 1.89. The molecule has 0 aliphatic rings. The monoisotopic (exact) mass is 160 g/mol. The molecule has 11 heavy (non-hydrogen) atoms. The lowest BCUT2D eigenvalue weighted by Gasteiger charge is -2.06. The third-order valence-electron chi connectivity index (χ3n) is 1.24. The molecule has 70 valence electrons. The molecule has 2 heteroatoms. The van der Waals surface area contributed by atoms with Gasteiger partial charge in [-0.3, -0.25) is 0 Å². The minimum absolute atomic E-state index is 0. The Kier molecular flexibility index (Phi) is 14.2. The summed E-state index contributed by atoms with van der Waals surface area (Å²) in [6.45, 7) is 8.31. The fourth-order valence-electron chi connectivity index (χ4n) is 0.414. The third-order valence-corrected chi connectivity index (χ3v) is 1.24. The second kappa shape index (κ2) is 12.1. The molecule has 2 N–H and O–H groups in total. The van der Waals surface area contributed by atoms with Gasteiger partial charge < -0.3 is 10.6 Å². The summed E-state index contributed by atoms with van der Waals surface area (Å²) in [7, 11) is 1.88. The molecule has 2 nitrogen and oxygen atoms in total. The van der Waals surface area contributed by atoms with E-state index >= 15 is 0 Å². The van der Waals surface area contributed by atoms with E-state index < -0.39 is 0 Å². The van der Waals surface area contributed by atoms with Gasteiger partial charge in [0, 0.05) is 26.9 Å². The van der Waals surface area contributed by atoms with Gasteiger partial charge in [-0.05, 0) is 13.3 Å². The molecule has 0 radical (unpaired) electrons. The number of rotatable bonds is 4. The predicted octanol–water partition coefficient (Wildman–Crippen LogP) is 2.34. The Hall–Kier alpha value is -0.660. The highest BCUT2D eigenvalue weighted by atomic mass is 14.9. The van der Waals surface area contributed by atoms with Crippen molar-refractivity contribution >= 4 is 0 Å². The molecule has 0 fully saturated rings. The van der Waals surface area contributed by atoms with Crippen molar-refractivity contribution in [3.63, 3.8) is 0 Å². The first-order valence-corrected chi connectivity index (χ1v) is 4.39. The van der Waals surface area contributed by atoms with E-state index in [1.807, 2.05) is 33.3 Å². The molecule has 0 aromatic carbocycles. The minimum Gasteiger partial charge on any atom is -0.393 e. The Morgan fingerprint density at radius 2 is 1.91 bits per heavy atom. The maximum atomic E-state index is 3.19. The van der Waals surface area contributed by atoms with E-state index in [2.05, 4.69) is 24.5 Å². The molecule has 0 amide bonds. The molecule has 0 aliphatic carbocycles. The molecular formula is C9H24N2. The summed E-state index contributed by atoms with van der Waals surface area (Å²) in [5, 5.41) is 6.09. The molecule has 0 saturated carbocycles. The van der Waals surface area contributed by atoms with Gasteiger partial charge in [-0.25, -0.2) is 0 Å². The molecule has 0 spiro atoms. The van der Waals surface area contributed by atoms with Crippen LogP contribution in [-0.2, 0) is 0 Å². The van der Waals surface area contributed by atoms with Crippen LogP contribution in [0.1, 0.15) is 35.5 Å². The second-order valence-corrected chi connectivity index (χ2v) is 2.10. The lowest BCUT2D eigenvalue weighted by molar-refractivity contribution is 0.617. The Balaban J connectivity index is -0.000000249. The molecule has 0 aliphatic heterocycles. The summed E-state index contributed by atoms with van der Waals surface area (Å²) in [5.74, 6) is 0. The fraction of sp³-hybridized carbons (Fsp3) is 0.778. The van der Waals surface area contributed by atoms with Crippen molar-refractivity contribution in [2.24, 2.45) is 0 Å². The van der Waals surface area contributed by atoms with Crippen molar-refractivity contribution in [3.8, 4) is 0 Å². The van der Waals surface area contributed by atoms with Crippen molar-refractivity contribution < 1.29 is 1.43 Å². The van der Waals surface area contributed by atoms with E-state index in [9.17, 15) is 0 Å². The highest BCUT2D eigenvalue weighted by molar-refractivity contribution is 4.77. The average molecular weight is 160 g/mol. The van der Waals surface area contributed by atoms with Gasteiger partial charge >= 0.3 is 0 Å². The lowest BCUT2D eigenvalue weighted by Crippen LogP contribution is -2.19. The van der Waals surface area contributed by atoms with Gasteiger partial charge in [0.2, 0.25) is 0 Å². The molecule has 1 unspecified atom stereocenters. The van der Waals surface area contributed by atoms with Crippen molar-refractivity contribution in [1.29, 1.82) is 0 Å². The zero-order chi connectivity index (χ0) is 9.11. The van der Waals surface area contributed by atoms with Crippen LogP contribution in [0.4, 0.5) is 0 Å². The van der Waals surface area contributed by atoms with Crippen molar-refractivity contribution in [3.05, 3.63) is 12.4 Å². The Labute approximate surface area is 72.6 Å². The maximum Gasteiger partial charge on any atom is 0.0225 e. The molecule has 0 aromatic heterocycles. The van der Waals surface area contributed by atoms with E-state index in [0.717, 1.165) is 6.42 Å². The lowest BCUT2D eigenvalue weighted by atomic mass is 10.3. The molecule has 0 saturated heterocycles. The standard InChI is InChI=1S/C7H16N2.C2H6.H2/c1-4-7(2)9-6-5-8-3;1-2;/h5-9H,4H2,1-3H3;1-2H3;1H/b6-5-;;. The molecule has 1 atom stereocenters. The van der Waals surface area contributed by atoms with Crippen molar-refractivity contribution in [2.45, 2.75) is 40.2 Å². The SMILES string of the molecule is CC.CCC(C)N/C=C\NC.[HH]. The van der Waals surface area contributed by atoms with E-state index in [-0.39, 0.29) is 1.43 Å². The molecule has 0 aromatic rings. The first-order chi connectivity index (χ1) is 5.31. The van der Waals surface area contributed by atoms with Crippen LogP contribution >= 0.6 is 0 Å². The largest absolute Gasteiger partial charge is 0.393 e. The van der Waals surface area contributed by atoms with Crippen LogP contribution < -0.4 is 10.6 Å². The summed E-state index contributed by atoms with van der Waals surface area (Å²) >= 11 is 0. The van der Waals surface area contributed by atoms with Crippen LogP contribution in [0.15, 0.2) is 12.4 Å². The Bertz CT molecular complexity index is 84.6. The van der Waals surface area contributed by atoms with E-state index in [1.54, 1.807) is 0 Å². The van der Waals surface area contributed by atoms with E-state index in [4.69, 9.17) is 0 Å². The molecule has 0 rings (SSSR count). The van der Waals surface area contributed by atoms with Crippen LogP contribution in [-0.4, -0.2) is 13.1 Å². The normalized spacial score (nSPS) is 11.7. The van der Waals surface area contributed by atoms with Gasteiger partial charge in [-0.2, -0.15) is 0 Å². The van der Waals surface area contributed by atoms with Gasteiger partial charge in [0.25, 0.3) is 0 Å². The zero-order valence-electron chi connectivity index (χ0n) is 8.44. The van der Waals surface area contributed by atoms with Crippen LogP contribution in [0.3, 0.4) is 0 Å². The van der Waals surface area contributed by atoms with Crippen LogP contribution in [0.25, 0.3) is 0 Å². The zero-order valence-corrected chi connectivity index (χ0v) is 8.44. The summed E-state index contributed by atoms with van der Waals surface area (Å²) in [6.07, 6.45) is 4.97. The summed E-state index contributed by atoms with van der Waals surface area (Å²) < 4.78 is 0. The average Bonchev–Trinajstić information content (AvgIpc) is 2.08. The van der Waals surface area contributed by atoms with Crippen molar-refractivity contribution in [1.82, 2.24) is 10.6 Å². The molecule has 0 bridgehead atoms. The topological polar surface area (TPSA) is 24.1 Å². The third kappa shape index (κ3) is 12.5. The summed E-state index contributed by atoms with van der Waals surface area (Å²) in [5.41, 5.74) is 0. The Morgan fingerprint density at radius 1 is 1.36 bits per heavy atom. The second-order valence-electron chi connectivity index (χ2n) is 2.10. The van der Waals surface area contributed by atoms with Crippen LogP contribution in [0.5, 0.6) is 0 Å². The smallest absolute Gasteiger partial charge is 0.0225 e. The van der Waals surface area contributed by atoms with Gasteiger partial charge in [0.15, 0.2) is 0 Å². The van der Waals surface area contributed by atoms with Gasteiger partial charge in [-0.1, -0.05) is 20.8 Å². The number of hydrogen-bond acceptors (Lipinski definition) is 2. The quantitative estimate of drug-likeness (QED) is 0.659. The fourth-order valence-corrected chi connectivity index (χ4v) is 0.414. The van der Waals surface area contributed by atoms with E-state index in [1.165, 1.54) is 0 Å². The first kappa shape index (κ1) is 13.0. The number of nitrogens with one attached hydrogen (secondary N) is 2. The van der Waals surface area contributed by atoms with Crippen molar-refractivity contribution in [2.75, 3.05) is 7.05 Å². The maximum absolute atomic E-state index is 3.19. The minimum atomic E-state index is 0. The predicted molar refractivity (Wildman–Crippen MR) is 54.6 cm³/mol. The Morgan fingerprint density at radius 3 is 2.27 bits per heavy atom. The molecule has 0 heterocycles. The van der Waals surface area contributed by atoms with E-state index in [0.29, 0.717) is 6.04 Å². The van der Waals surface area contributed by atoms with Gasteiger partial charge in [0.1, 0.15) is 0 Å². The first-order valence-electron chi connectivity index (χ1n) is 4.39. The van der Waals surface area contributed by atoms with Gasteiger partial charge in [-0.15, -0.1) is 0 Å². The molecular weight excluding hydrogens is 136 g/mol. The summed E-state index contributed by atoms with van der Waals surface area (Å²) in [4.78, 5) is 0. The van der Waals surface area contributed by atoms with Gasteiger partial charge in [0.05, 0.1) is 0 Å². The summed E-state index contributed by atoms with van der Waals surface area (Å²) in [6, 6.07) is 0.578.